The zero-order chi connectivity index (χ0) is 12.3. The first-order valence-electron chi connectivity index (χ1n) is 4.97. The van der Waals surface area contributed by atoms with E-state index in [4.69, 9.17) is 10.5 Å². The van der Waals surface area contributed by atoms with E-state index in [1.165, 1.54) is 11.8 Å². The summed E-state index contributed by atoms with van der Waals surface area (Å²) in [6, 6.07) is 5.88. The van der Waals surface area contributed by atoms with Crippen LogP contribution < -0.4 is 0 Å². The van der Waals surface area contributed by atoms with Crippen LogP contribution in [0.2, 0.25) is 0 Å². The Kier molecular flexibility index (Phi) is 11.4. The van der Waals surface area contributed by atoms with Crippen LogP contribution in [0.4, 0.5) is 0 Å². The van der Waals surface area contributed by atoms with Gasteiger partial charge < -0.3 is 10.5 Å². The maximum Gasteiger partial charge on any atom is 0.0319 e. The van der Waals surface area contributed by atoms with Gasteiger partial charge in [0.15, 0.2) is 0 Å². The summed E-state index contributed by atoms with van der Waals surface area (Å²) >= 11 is 0. The van der Waals surface area contributed by atoms with Gasteiger partial charge in [0.05, 0.1) is 0 Å². The SMILES string of the molecule is C=Cc1c(C)cccc1C=N.CC.CO. The molecule has 1 aromatic carbocycles. The van der Waals surface area contributed by atoms with Gasteiger partial charge in [0.2, 0.25) is 0 Å². The molecule has 0 aliphatic carbocycles. The molecule has 0 amide bonds. The van der Waals surface area contributed by atoms with Gasteiger partial charge in [-0.25, -0.2) is 0 Å². The molecule has 1 aromatic rings. The lowest BCUT2D eigenvalue weighted by Gasteiger charge is -2.02. The van der Waals surface area contributed by atoms with Crippen LogP contribution in [0.5, 0.6) is 0 Å². The lowest BCUT2D eigenvalue weighted by molar-refractivity contribution is 0.399. The molecule has 2 N–H and O–H groups in total. The Balaban J connectivity index is 0. The Bertz CT molecular complexity index is 293. The van der Waals surface area contributed by atoms with E-state index in [9.17, 15) is 0 Å². The lowest BCUT2D eigenvalue weighted by atomic mass is 10.0. The Labute approximate surface area is 92.8 Å². The van der Waals surface area contributed by atoms with Gasteiger partial charge in [-0.2, -0.15) is 0 Å². The molecule has 2 nitrogen and oxygen atoms in total. The predicted octanol–water partition coefficient (Wildman–Crippen LogP) is 3.27. The second-order valence-electron chi connectivity index (χ2n) is 2.43. The molecule has 0 aliphatic heterocycles. The number of aliphatic hydroxyl groups excluding tert-OH is 1. The van der Waals surface area contributed by atoms with E-state index in [1.54, 1.807) is 6.08 Å². The first-order chi connectivity index (χ1) is 7.29. The first-order valence-corrected chi connectivity index (χ1v) is 4.97. The number of hydrogen-bond donors (Lipinski definition) is 2. The van der Waals surface area contributed by atoms with Crippen LogP contribution in [0.1, 0.15) is 30.5 Å². The normalized spacial score (nSPS) is 7.53. The molecule has 0 heterocycles. The van der Waals surface area contributed by atoms with Gasteiger partial charge in [-0.1, -0.05) is 44.7 Å². The molecule has 0 unspecified atom stereocenters. The van der Waals surface area contributed by atoms with Gasteiger partial charge in [-0.3, -0.25) is 0 Å². The maximum absolute atomic E-state index is 7.11. The molecule has 0 bridgehead atoms. The summed E-state index contributed by atoms with van der Waals surface area (Å²) in [4.78, 5) is 0. The Hall–Kier alpha value is -1.41. The van der Waals surface area contributed by atoms with E-state index in [0.717, 1.165) is 18.2 Å². The zero-order valence-corrected chi connectivity index (χ0v) is 10.0. The van der Waals surface area contributed by atoms with E-state index in [2.05, 4.69) is 6.58 Å². The largest absolute Gasteiger partial charge is 0.400 e. The third kappa shape index (κ3) is 5.13. The van der Waals surface area contributed by atoms with Crippen LogP contribution in [0.3, 0.4) is 0 Å². The molecular weight excluding hydrogens is 186 g/mol. The number of benzene rings is 1. The standard InChI is InChI=1S/C10H11N.C2H6.CH4O/c1-3-10-8(2)5-4-6-9(10)7-11;2*1-2/h3-7,11H,1H2,2H3;1-2H3;2H,1H3. The van der Waals surface area contributed by atoms with Crippen LogP contribution in [0.15, 0.2) is 24.8 Å². The molecule has 0 fully saturated rings. The summed E-state index contributed by atoms with van der Waals surface area (Å²) in [6.07, 6.45) is 3.14. The van der Waals surface area contributed by atoms with E-state index < -0.39 is 0 Å². The third-order valence-corrected chi connectivity index (χ3v) is 1.72. The Morgan fingerprint density at radius 2 is 1.80 bits per heavy atom. The van der Waals surface area contributed by atoms with Crippen molar-refractivity contribution >= 4 is 12.3 Å². The second-order valence-corrected chi connectivity index (χ2v) is 2.43. The van der Waals surface area contributed by atoms with Crippen molar-refractivity contribution in [3.63, 3.8) is 0 Å². The highest BCUT2D eigenvalue weighted by atomic mass is 16.2. The monoisotopic (exact) mass is 207 g/mol. The second kappa shape index (κ2) is 10.7. The molecule has 0 saturated heterocycles. The van der Waals surface area contributed by atoms with Gasteiger partial charge in [0, 0.05) is 13.3 Å². The van der Waals surface area contributed by atoms with Crippen molar-refractivity contribution in [2.75, 3.05) is 7.11 Å². The fourth-order valence-corrected chi connectivity index (χ4v) is 1.11. The van der Waals surface area contributed by atoms with Crippen molar-refractivity contribution in [3.8, 4) is 0 Å². The van der Waals surface area contributed by atoms with Crippen molar-refractivity contribution in [2.45, 2.75) is 20.8 Å². The highest BCUT2D eigenvalue weighted by Crippen LogP contribution is 2.12. The van der Waals surface area contributed by atoms with Gasteiger partial charge in [0.1, 0.15) is 0 Å². The average Bonchev–Trinajstić information content (AvgIpc) is 2.33. The molecule has 0 radical (unpaired) electrons. The number of aryl methyl sites for hydroxylation is 1. The molecule has 0 aliphatic rings. The average molecular weight is 207 g/mol. The fraction of sp³-hybridized carbons (Fsp3) is 0.308. The van der Waals surface area contributed by atoms with Crippen molar-refractivity contribution < 1.29 is 5.11 Å². The van der Waals surface area contributed by atoms with Crippen molar-refractivity contribution in [1.29, 1.82) is 5.41 Å². The minimum atomic E-state index is 0.931. The van der Waals surface area contributed by atoms with E-state index in [0.29, 0.717) is 0 Å². The summed E-state index contributed by atoms with van der Waals surface area (Å²) in [5.74, 6) is 0. The first kappa shape index (κ1) is 16.0. The van der Waals surface area contributed by atoms with Crippen LogP contribution >= 0.6 is 0 Å². The minimum Gasteiger partial charge on any atom is -0.400 e. The molecule has 1 rings (SSSR count). The summed E-state index contributed by atoms with van der Waals surface area (Å²) in [5, 5.41) is 14.1. The van der Waals surface area contributed by atoms with Gasteiger partial charge in [-0.05, 0) is 23.6 Å². The van der Waals surface area contributed by atoms with Crippen LogP contribution in [-0.2, 0) is 0 Å². The smallest absolute Gasteiger partial charge is 0.0319 e. The molecule has 0 atom stereocenters. The van der Waals surface area contributed by atoms with E-state index in [1.807, 2.05) is 39.0 Å². The Morgan fingerprint density at radius 1 is 1.27 bits per heavy atom. The summed E-state index contributed by atoms with van der Waals surface area (Å²) in [6.45, 7) is 9.71. The van der Waals surface area contributed by atoms with Gasteiger partial charge in [-0.15, -0.1) is 0 Å². The molecular formula is C13H21NO. The predicted molar refractivity (Wildman–Crippen MR) is 68.6 cm³/mol. The van der Waals surface area contributed by atoms with Crippen LogP contribution in [-0.4, -0.2) is 18.4 Å². The maximum atomic E-state index is 7.11. The highest BCUT2D eigenvalue weighted by Gasteiger charge is 1.97. The molecule has 0 spiro atoms. The molecule has 2 heteroatoms. The highest BCUT2D eigenvalue weighted by molar-refractivity contribution is 5.84. The summed E-state index contributed by atoms with van der Waals surface area (Å²) < 4.78 is 0. The number of hydrogen-bond acceptors (Lipinski definition) is 2. The molecule has 0 saturated carbocycles. The van der Waals surface area contributed by atoms with Gasteiger partial charge >= 0.3 is 0 Å². The number of rotatable bonds is 2. The third-order valence-electron chi connectivity index (χ3n) is 1.72. The molecule has 84 valence electrons. The number of aliphatic hydroxyl groups is 1. The lowest BCUT2D eigenvalue weighted by Crippen LogP contribution is -1.88. The van der Waals surface area contributed by atoms with Crippen molar-refractivity contribution in [2.24, 2.45) is 0 Å². The topological polar surface area (TPSA) is 44.1 Å². The Morgan fingerprint density at radius 3 is 2.13 bits per heavy atom. The minimum absolute atomic E-state index is 0.931. The van der Waals surface area contributed by atoms with Crippen molar-refractivity contribution in [1.82, 2.24) is 0 Å². The van der Waals surface area contributed by atoms with Crippen molar-refractivity contribution in [3.05, 3.63) is 41.5 Å². The quantitative estimate of drug-likeness (QED) is 0.718. The number of nitrogens with one attached hydrogen (secondary N) is 1. The molecule has 0 aromatic heterocycles. The summed E-state index contributed by atoms with van der Waals surface area (Å²) in [7, 11) is 1.00. The summed E-state index contributed by atoms with van der Waals surface area (Å²) in [5.41, 5.74) is 3.16. The van der Waals surface area contributed by atoms with Gasteiger partial charge in [0.25, 0.3) is 0 Å². The van der Waals surface area contributed by atoms with Crippen LogP contribution in [0.25, 0.3) is 6.08 Å². The van der Waals surface area contributed by atoms with E-state index >= 15 is 0 Å². The fourth-order valence-electron chi connectivity index (χ4n) is 1.11. The zero-order valence-electron chi connectivity index (χ0n) is 10.0. The van der Waals surface area contributed by atoms with E-state index in [-0.39, 0.29) is 0 Å². The molecule has 15 heavy (non-hydrogen) atoms. The van der Waals surface area contributed by atoms with Crippen LogP contribution in [0, 0.1) is 12.3 Å².